The Bertz CT molecular complexity index is 712. The van der Waals surface area contributed by atoms with Gasteiger partial charge < -0.3 is 15.4 Å². The second-order valence-corrected chi connectivity index (χ2v) is 9.46. The first-order chi connectivity index (χ1) is 13.8. The average Bonchev–Trinajstić information content (AvgIpc) is 2.83. The van der Waals surface area contributed by atoms with Crippen molar-refractivity contribution in [3.05, 3.63) is 17.5 Å². The van der Waals surface area contributed by atoms with Crippen LogP contribution in [0.5, 0.6) is 0 Å². The van der Waals surface area contributed by atoms with Gasteiger partial charge in [0, 0.05) is 37.0 Å². The molecule has 0 aliphatic heterocycles. The van der Waals surface area contributed by atoms with Crippen LogP contribution in [0.25, 0.3) is 0 Å². The number of methoxy groups -OCH3 is 1. The van der Waals surface area contributed by atoms with Crippen LogP contribution in [-0.2, 0) is 17.5 Å². The van der Waals surface area contributed by atoms with Crippen LogP contribution in [-0.4, -0.2) is 35.3 Å². The number of aromatic nitrogens is 2. The lowest BCUT2D eigenvalue weighted by atomic mass is 9.65. The number of alkyl halides is 3. The SMILES string of the molecule is COCC(C)NCc1cnc(NC23CCC4CC(CC(C4)C2)C3)nc1C(F)(F)F. The van der Waals surface area contributed by atoms with Crippen molar-refractivity contribution in [2.24, 2.45) is 17.8 Å². The second kappa shape index (κ2) is 8.02. The fourth-order valence-corrected chi connectivity index (χ4v) is 5.98. The highest BCUT2D eigenvalue weighted by Crippen LogP contribution is 2.53. The second-order valence-electron chi connectivity index (χ2n) is 9.46. The Morgan fingerprint density at radius 2 is 1.90 bits per heavy atom. The summed E-state index contributed by atoms with van der Waals surface area (Å²) in [5, 5.41) is 6.43. The average molecular weight is 413 g/mol. The Morgan fingerprint density at radius 1 is 1.21 bits per heavy atom. The van der Waals surface area contributed by atoms with Crippen molar-refractivity contribution >= 4 is 5.95 Å². The fourth-order valence-electron chi connectivity index (χ4n) is 5.98. The van der Waals surface area contributed by atoms with Crippen molar-refractivity contribution in [3.63, 3.8) is 0 Å². The molecule has 0 spiro atoms. The maximum absolute atomic E-state index is 13.7. The maximum atomic E-state index is 13.7. The maximum Gasteiger partial charge on any atom is 0.433 e. The van der Waals surface area contributed by atoms with Crippen molar-refractivity contribution in [2.45, 2.75) is 76.2 Å². The van der Waals surface area contributed by atoms with E-state index < -0.39 is 11.9 Å². The molecule has 0 amide bonds. The Hall–Kier alpha value is -1.41. The Kier molecular flexibility index (Phi) is 5.77. The molecule has 4 aliphatic carbocycles. The molecule has 0 radical (unpaired) electrons. The van der Waals surface area contributed by atoms with Crippen LogP contribution < -0.4 is 10.6 Å². The Balaban J connectivity index is 1.53. The summed E-state index contributed by atoms with van der Waals surface area (Å²) < 4.78 is 46.1. The molecule has 5 nitrogen and oxygen atoms in total. The van der Waals surface area contributed by atoms with Crippen molar-refractivity contribution in [2.75, 3.05) is 19.0 Å². The monoisotopic (exact) mass is 412 g/mol. The Morgan fingerprint density at radius 3 is 2.55 bits per heavy atom. The number of ether oxygens (including phenoxy) is 1. The van der Waals surface area contributed by atoms with Gasteiger partial charge in [0.2, 0.25) is 5.95 Å². The van der Waals surface area contributed by atoms with E-state index in [0.717, 1.165) is 31.6 Å². The predicted octanol–water partition coefficient (Wildman–Crippen LogP) is 4.39. The van der Waals surface area contributed by atoms with E-state index in [1.807, 2.05) is 6.92 Å². The molecule has 4 saturated carbocycles. The van der Waals surface area contributed by atoms with E-state index in [0.29, 0.717) is 18.4 Å². The van der Waals surface area contributed by atoms with Gasteiger partial charge >= 0.3 is 6.18 Å². The number of anilines is 1. The zero-order valence-electron chi connectivity index (χ0n) is 17.2. The summed E-state index contributed by atoms with van der Waals surface area (Å²) in [6.45, 7) is 2.34. The first kappa shape index (κ1) is 20.8. The van der Waals surface area contributed by atoms with Gasteiger partial charge in [0.25, 0.3) is 0 Å². The van der Waals surface area contributed by atoms with Crippen LogP contribution in [0.2, 0.25) is 0 Å². The molecule has 5 rings (SSSR count). The summed E-state index contributed by atoms with van der Waals surface area (Å²) >= 11 is 0. The summed E-state index contributed by atoms with van der Waals surface area (Å²) in [7, 11) is 1.56. The molecule has 29 heavy (non-hydrogen) atoms. The molecule has 162 valence electrons. The molecule has 4 fully saturated rings. The molecule has 3 atom stereocenters. The number of nitrogens with one attached hydrogen (secondary N) is 2. The smallest absolute Gasteiger partial charge is 0.383 e. The van der Waals surface area contributed by atoms with Gasteiger partial charge in [-0.25, -0.2) is 9.97 Å². The van der Waals surface area contributed by atoms with E-state index >= 15 is 0 Å². The minimum atomic E-state index is -4.52. The van der Waals surface area contributed by atoms with Crippen LogP contribution in [0.3, 0.4) is 0 Å². The molecule has 1 heterocycles. The van der Waals surface area contributed by atoms with E-state index in [2.05, 4.69) is 20.6 Å². The summed E-state index contributed by atoms with van der Waals surface area (Å²) in [6.07, 6.45) is 4.86. The van der Waals surface area contributed by atoms with Crippen LogP contribution in [0, 0.1) is 17.8 Å². The minimum absolute atomic E-state index is 0.0522. The van der Waals surface area contributed by atoms with Crippen LogP contribution in [0.15, 0.2) is 6.20 Å². The highest BCUT2D eigenvalue weighted by molar-refractivity contribution is 5.35. The van der Waals surface area contributed by atoms with Gasteiger partial charge in [-0.3, -0.25) is 0 Å². The zero-order chi connectivity index (χ0) is 20.6. The topological polar surface area (TPSA) is 59.1 Å². The molecule has 2 N–H and O–H groups in total. The van der Waals surface area contributed by atoms with Crippen molar-refractivity contribution in [1.29, 1.82) is 0 Å². The van der Waals surface area contributed by atoms with E-state index in [-0.39, 0.29) is 29.6 Å². The molecule has 4 bridgehead atoms. The Labute approximate surface area is 170 Å². The third kappa shape index (κ3) is 4.68. The lowest BCUT2D eigenvalue weighted by molar-refractivity contribution is -0.141. The number of halogens is 3. The molecular formula is C21H31F3N4O. The van der Waals surface area contributed by atoms with Crippen molar-refractivity contribution in [3.8, 4) is 0 Å². The first-order valence-electron chi connectivity index (χ1n) is 10.7. The third-order valence-electron chi connectivity index (χ3n) is 6.96. The molecule has 0 saturated heterocycles. The van der Waals surface area contributed by atoms with Gasteiger partial charge in [0.1, 0.15) is 0 Å². The van der Waals surface area contributed by atoms with E-state index in [1.54, 1.807) is 7.11 Å². The molecule has 1 aromatic heterocycles. The van der Waals surface area contributed by atoms with Gasteiger partial charge in [0.15, 0.2) is 5.69 Å². The third-order valence-corrected chi connectivity index (χ3v) is 6.96. The van der Waals surface area contributed by atoms with E-state index in [4.69, 9.17) is 4.74 Å². The fraction of sp³-hybridized carbons (Fsp3) is 0.810. The van der Waals surface area contributed by atoms with Gasteiger partial charge in [-0.15, -0.1) is 0 Å². The van der Waals surface area contributed by atoms with Crippen molar-refractivity contribution < 1.29 is 17.9 Å². The number of hydrogen-bond donors (Lipinski definition) is 2. The van der Waals surface area contributed by atoms with Gasteiger partial charge in [0.05, 0.1) is 6.61 Å². The summed E-state index contributed by atoms with van der Waals surface area (Å²) in [5.41, 5.74) is -0.934. The number of nitrogens with zero attached hydrogens (tertiary/aromatic N) is 2. The zero-order valence-corrected chi connectivity index (χ0v) is 17.2. The van der Waals surface area contributed by atoms with Crippen LogP contribution in [0.1, 0.15) is 63.1 Å². The summed E-state index contributed by atoms with van der Waals surface area (Å²) in [4.78, 5) is 8.24. The largest absolute Gasteiger partial charge is 0.433 e. The number of fused-ring (bicyclic) bond motifs is 1. The number of rotatable bonds is 7. The van der Waals surface area contributed by atoms with Gasteiger partial charge in [-0.05, 0) is 69.6 Å². The standard InChI is InChI=1S/C21H31F3N4O/c1-13(12-29-2)25-10-17-11-26-19(27-18(17)21(22,23)24)28-20-4-3-14-5-15(8-20)7-16(6-14)9-20/h11,13-16,25H,3-10,12H2,1-2H3,(H,26,27,28). The molecule has 4 aliphatic rings. The summed E-state index contributed by atoms with van der Waals surface area (Å²) in [5.74, 6) is 2.29. The molecule has 0 aromatic carbocycles. The van der Waals surface area contributed by atoms with Crippen LogP contribution >= 0.6 is 0 Å². The van der Waals surface area contributed by atoms with Gasteiger partial charge in [-0.2, -0.15) is 13.2 Å². The normalized spacial score (nSPS) is 32.2. The molecule has 3 unspecified atom stereocenters. The summed E-state index contributed by atoms with van der Waals surface area (Å²) in [6, 6.07) is -0.0607. The van der Waals surface area contributed by atoms with Crippen molar-refractivity contribution in [1.82, 2.24) is 15.3 Å². The highest BCUT2D eigenvalue weighted by atomic mass is 19.4. The highest BCUT2D eigenvalue weighted by Gasteiger charge is 2.48. The molecular weight excluding hydrogens is 381 g/mol. The van der Waals surface area contributed by atoms with E-state index in [9.17, 15) is 13.2 Å². The van der Waals surface area contributed by atoms with Gasteiger partial charge in [-0.1, -0.05) is 0 Å². The van der Waals surface area contributed by atoms with E-state index in [1.165, 1.54) is 25.5 Å². The molecule has 8 heteroatoms. The lowest BCUT2D eigenvalue weighted by Gasteiger charge is -2.45. The quantitative estimate of drug-likeness (QED) is 0.696. The number of hydrogen-bond acceptors (Lipinski definition) is 5. The molecule has 1 aromatic rings. The lowest BCUT2D eigenvalue weighted by Crippen LogP contribution is -2.45. The predicted molar refractivity (Wildman–Crippen MR) is 104 cm³/mol. The minimum Gasteiger partial charge on any atom is -0.383 e. The first-order valence-corrected chi connectivity index (χ1v) is 10.7. The van der Waals surface area contributed by atoms with Crippen LogP contribution in [0.4, 0.5) is 19.1 Å².